The van der Waals surface area contributed by atoms with Crippen LogP contribution in [0.3, 0.4) is 0 Å². The van der Waals surface area contributed by atoms with E-state index in [1.165, 1.54) is 12.5 Å². The van der Waals surface area contributed by atoms with Crippen molar-refractivity contribution in [2.24, 2.45) is 11.1 Å². The molecule has 0 spiro atoms. The zero-order valence-corrected chi connectivity index (χ0v) is 9.36. The summed E-state index contributed by atoms with van der Waals surface area (Å²) >= 11 is 5.63. The topological polar surface area (TPSA) is 26.0 Å². The number of nitrogens with two attached hydrogens (primary N) is 1. The van der Waals surface area contributed by atoms with Crippen molar-refractivity contribution in [3.8, 4) is 0 Å². The van der Waals surface area contributed by atoms with E-state index < -0.39 is 0 Å². The Bertz CT molecular complexity index is 355. The first-order valence-electron chi connectivity index (χ1n) is 5.29. The predicted octanol–water partition coefficient (Wildman–Crippen LogP) is 3.15. The smallest absolute Gasteiger partial charge is 0.142 e. The Morgan fingerprint density at radius 2 is 2.13 bits per heavy atom. The molecule has 15 heavy (non-hydrogen) atoms. The lowest BCUT2D eigenvalue weighted by molar-refractivity contribution is 0.145. The fraction of sp³-hybridized carbons (Fsp3) is 0.500. The standard InChI is InChI=1S/C12H15ClFN/c13-10-3-2-9(6-11(10)14)7-12(8-15)4-1-5-12/h2-3,6H,1,4-5,7-8,15H2. The van der Waals surface area contributed by atoms with Gasteiger partial charge in [-0.3, -0.25) is 0 Å². The molecule has 0 radical (unpaired) electrons. The largest absolute Gasteiger partial charge is 0.330 e. The highest BCUT2D eigenvalue weighted by Gasteiger charge is 2.35. The Kier molecular flexibility index (Phi) is 2.98. The van der Waals surface area contributed by atoms with Crippen molar-refractivity contribution in [2.45, 2.75) is 25.7 Å². The van der Waals surface area contributed by atoms with E-state index in [0.717, 1.165) is 24.8 Å². The van der Waals surface area contributed by atoms with E-state index >= 15 is 0 Å². The lowest BCUT2D eigenvalue weighted by Gasteiger charge is -2.41. The summed E-state index contributed by atoms with van der Waals surface area (Å²) in [5.74, 6) is -0.333. The zero-order chi connectivity index (χ0) is 10.9. The van der Waals surface area contributed by atoms with E-state index in [-0.39, 0.29) is 16.3 Å². The third-order valence-corrected chi connectivity index (χ3v) is 3.72. The molecule has 3 heteroatoms. The molecule has 1 aromatic carbocycles. The molecule has 0 saturated heterocycles. The van der Waals surface area contributed by atoms with Crippen LogP contribution in [0.15, 0.2) is 18.2 Å². The van der Waals surface area contributed by atoms with E-state index in [2.05, 4.69) is 0 Å². The SMILES string of the molecule is NCC1(Cc2ccc(Cl)c(F)c2)CCC1. The van der Waals surface area contributed by atoms with Gasteiger partial charge in [-0.05, 0) is 48.9 Å². The van der Waals surface area contributed by atoms with Gasteiger partial charge < -0.3 is 5.73 Å². The molecule has 0 heterocycles. The molecule has 0 aromatic heterocycles. The van der Waals surface area contributed by atoms with Gasteiger partial charge >= 0.3 is 0 Å². The fourth-order valence-corrected chi connectivity index (χ4v) is 2.33. The molecule has 0 bridgehead atoms. The van der Waals surface area contributed by atoms with Crippen LogP contribution in [-0.2, 0) is 6.42 Å². The molecule has 0 unspecified atom stereocenters. The minimum atomic E-state index is -0.333. The van der Waals surface area contributed by atoms with E-state index in [9.17, 15) is 4.39 Å². The summed E-state index contributed by atoms with van der Waals surface area (Å²) in [6, 6.07) is 5.04. The Balaban J connectivity index is 2.13. The molecule has 1 aliphatic carbocycles. The van der Waals surface area contributed by atoms with Gasteiger partial charge in [-0.25, -0.2) is 4.39 Å². The lowest BCUT2D eigenvalue weighted by Crippen LogP contribution is -2.39. The maximum atomic E-state index is 13.2. The minimum Gasteiger partial charge on any atom is -0.330 e. The quantitative estimate of drug-likeness (QED) is 0.844. The summed E-state index contributed by atoms with van der Waals surface area (Å²) < 4.78 is 13.2. The number of benzene rings is 1. The van der Waals surface area contributed by atoms with Crippen LogP contribution in [-0.4, -0.2) is 6.54 Å². The highest BCUT2D eigenvalue weighted by molar-refractivity contribution is 6.30. The molecule has 82 valence electrons. The van der Waals surface area contributed by atoms with Gasteiger partial charge in [0.1, 0.15) is 5.82 Å². The minimum absolute atomic E-state index is 0.189. The molecule has 2 N–H and O–H groups in total. The van der Waals surface area contributed by atoms with E-state index in [4.69, 9.17) is 17.3 Å². The first-order valence-corrected chi connectivity index (χ1v) is 5.67. The molecule has 1 aromatic rings. The highest BCUT2D eigenvalue weighted by Crippen LogP contribution is 2.42. The summed E-state index contributed by atoms with van der Waals surface area (Å²) in [5.41, 5.74) is 6.99. The monoisotopic (exact) mass is 227 g/mol. The number of hydrogen-bond donors (Lipinski definition) is 1. The summed E-state index contributed by atoms with van der Waals surface area (Å²) in [7, 11) is 0. The van der Waals surface area contributed by atoms with Crippen LogP contribution in [0, 0.1) is 11.2 Å². The van der Waals surface area contributed by atoms with Gasteiger partial charge in [-0.15, -0.1) is 0 Å². The second kappa shape index (κ2) is 4.11. The van der Waals surface area contributed by atoms with Gasteiger partial charge in [0, 0.05) is 0 Å². The second-order valence-corrected chi connectivity index (χ2v) is 4.89. The average molecular weight is 228 g/mol. The van der Waals surface area contributed by atoms with Gasteiger partial charge in [0.15, 0.2) is 0 Å². The van der Waals surface area contributed by atoms with Gasteiger partial charge in [0.25, 0.3) is 0 Å². The second-order valence-electron chi connectivity index (χ2n) is 4.48. The Morgan fingerprint density at radius 3 is 2.60 bits per heavy atom. The van der Waals surface area contributed by atoms with Crippen LogP contribution in [0.2, 0.25) is 5.02 Å². The Morgan fingerprint density at radius 1 is 1.40 bits per heavy atom. The van der Waals surface area contributed by atoms with Crippen molar-refractivity contribution in [1.29, 1.82) is 0 Å². The van der Waals surface area contributed by atoms with Crippen LogP contribution >= 0.6 is 11.6 Å². The maximum Gasteiger partial charge on any atom is 0.142 e. The molecule has 0 amide bonds. The molecule has 1 saturated carbocycles. The molecule has 0 atom stereocenters. The van der Waals surface area contributed by atoms with E-state index in [1.54, 1.807) is 6.07 Å². The summed E-state index contributed by atoms with van der Waals surface area (Å²) in [5, 5.41) is 0.189. The average Bonchev–Trinajstić information content (AvgIpc) is 2.17. The van der Waals surface area contributed by atoms with Crippen LogP contribution in [0.4, 0.5) is 4.39 Å². The van der Waals surface area contributed by atoms with Crippen molar-refractivity contribution in [3.63, 3.8) is 0 Å². The van der Waals surface area contributed by atoms with Crippen molar-refractivity contribution in [3.05, 3.63) is 34.6 Å². The maximum absolute atomic E-state index is 13.2. The third kappa shape index (κ3) is 2.16. The van der Waals surface area contributed by atoms with E-state index in [0.29, 0.717) is 6.54 Å². The zero-order valence-electron chi connectivity index (χ0n) is 8.60. The number of hydrogen-bond acceptors (Lipinski definition) is 1. The van der Waals surface area contributed by atoms with Crippen molar-refractivity contribution < 1.29 is 4.39 Å². The first kappa shape index (κ1) is 10.9. The summed E-state index contributed by atoms with van der Waals surface area (Å²) in [4.78, 5) is 0. The van der Waals surface area contributed by atoms with Crippen molar-refractivity contribution in [1.82, 2.24) is 0 Å². The van der Waals surface area contributed by atoms with Crippen molar-refractivity contribution in [2.75, 3.05) is 6.54 Å². The van der Waals surface area contributed by atoms with Crippen molar-refractivity contribution >= 4 is 11.6 Å². The van der Waals surface area contributed by atoms with Gasteiger partial charge in [0.05, 0.1) is 5.02 Å². The van der Waals surface area contributed by atoms with Crippen LogP contribution in [0.25, 0.3) is 0 Å². The molecule has 2 rings (SSSR count). The van der Waals surface area contributed by atoms with Gasteiger partial charge in [0.2, 0.25) is 0 Å². The van der Waals surface area contributed by atoms with E-state index in [1.807, 2.05) is 6.07 Å². The fourth-order valence-electron chi connectivity index (χ4n) is 2.21. The number of rotatable bonds is 3. The van der Waals surface area contributed by atoms with Crippen LogP contribution in [0.1, 0.15) is 24.8 Å². The summed E-state index contributed by atoms with van der Waals surface area (Å²) in [6.07, 6.45) is 4.44. The molecule has 1 fully saturated rings. The molecular weight excluding hydrogens is 213 g/mol. The normalized spacial score (nSPS) is 18.6. The van der Waals surface area contributed by atoms with Crippen LogP contribution < -0.4 is 5.73 Å². The summed E-state index contributed by atoms with van der Waals surface area (Å²) in [6.45, 7) is 0.692. The Labute approximate surface area is 94.4 Å². The predicted molar refractivity (Wildman–Crippen MR) is 60.5 cm³/mol. The highest BCUT2D eigenvalue weighted by atomic mass is 35.5. The lowest BCUT2D eigenvalue weighted by atomic mass is 9.65. The van der Waals surface area contributed by atoms with Crippen LogP contribution in [0.5, 0.6) is 0 Å². The third-order valence-electron chi connectivity index (χ3n) is 3.41. The Hall–Kier alpha value is -0.600. The molecular formula is C12H15ClFN. The first-order chi connectivity index (χ1) is 7.15. The number of halogens is 2. The molecule has 1 nitrogen and oxygen atoms in total. The van der Waals surface area contributed by atoms with Gasteiger partial charge in [-0.2, -0.15) is 0 Å². The molecule has 1 aliphatic rings. The molecule has 0 aliphatic heterocycles. The van der Waals surface area contributed by atoms with Gasteiger partial charge in [-0.1, -0.05) is 24.1 Å².